The Morgan fingerprint density at radius 2 is 2.26 bits per heavy atom. The van der Waals surface area contributed by atoms with Gasteiger partial charge in [0.25, 0.3) is 0 Å². The molecule has 1 aliphatic carbocycles. The first-order valence-electron chi connectivity index (χ1n) is 6.00. The summed E-state index contributed by atoms with van der Waals surface area (Å²) in [4.78, 5) is 24.6. The zero-order valence-corrected chi connectivity index (χ0v) is 11.1. The van der Waals surface area contributed by atoms with E-state index in [0.717, 1.165) is 4.88 Å². The number of carboxylic acids is 1. The molecule has 0 aromatic carbocycles. The van der Waals surface area contributed by atoms with Crippen molar-refractivity contribution in [2.45, 2.75) is 25.7 Å². The highest BCUT2D eigenvalue weighted by atomic mass is 32.1. The number of rotatable bonds is 2. The van der Waals surface area contributed by atoms with Gasteiger partial charge in [-0.05, 0) is 18.4 Å². The number of fused-ring (bicyclic) bond motifs is 1. The number of hydrogen-bond acceptors (Lipinski definition) is 4. The predicted octanol–water partition coefficient (Wildman–Crippen LogP) is 3.26. The maximum atomic E-state index is 12.2. The second-order valence-electron chi connectivity index (χ2n) is 4.68. The van der Waals surface area contributed by atoms with Gasteiger partial charge in [-0.25, -0.2) is 4.79 Å². The van der Waals surface area contributed by atoms with Gasteiger partial charge in [0.2, 0.25) is 0 Å². The summed E-state index contributed by atoms with van der Waals surface area (Å²) in [6, 6.07) is 3.96. The van der Waals surface area contributed by atoms with Crippen LogP contribution in [0.4, 0.5) is 0 Å². The average Bonchev–Trinajstić information content (AvgIpc) is 2.94. The van der Waals surface area contributed by atoms with Crippen molar-refractivity contribution in [3.8, 4) is 0 Å². The number of aromatic carboxylic acids is 1. The molecule has 4 nitrogen and oxygen atoms in total. The minimum atomic E-state index is -1.09. The summed E-state index contributed by atoms with van der Waals surface area (Å²) >= 11 is 1.61. The molecule has 0 saturated heterocycles. The number of thiophene rings is 1. The normalized spacial score (nSPS) is 18.4. The molecule has 2 aromatic rings. The van der Waals surface area contributed by atoms with Crippen LogP contribution in [0.3, 0.4) is 0 Å². The van der Waals surface area contributed by atoms with Crippen LogP contribution in [-0.4, -0.2) is 16.9 Å². The van der Waals surface area contributed by atoms with E-state index in [1.54, 1.807) is 18.3 Å². The van der Waals surface area contributed by atoms with Gasteiger partial charge in [0.05, 0.1) is 5.56 Å². The largest absolute Gasteiger partial charge is 0.478 e. The van der Waals surface area contributed by atoms with E-state index in [9.17, 15) is 9.59 Å². The Hall–Kier alpha value is -1.88. The lowest BCUT2D eigenvalue weighted by molar-refractivity contribution is 0.0690. The summed E-state index contributed by atoms with van der Waals surface area (Å²) in [6.07, 6.45) is 0.947. The standard InChI is InChI=1S/C14H12O4S/c1-7-12(14(16)17)13-9(15)5-8(6-10(13)18-7)11-3-2-4-19-11/h2-4,8H,5-6H2,1H3,(H,16,17). The van der Waals surface area contributed by atoms with Crippen LogP contribution in [-0.2, 0) is 6.42 Å². The van der Waals surface area contributed by atoms with Gasteiger partial charge >= 0.3 is 5.97 Å². The smallest absolute Gasteiger partial charge is 0.340 e. The summed E-state index contributed by atoms with van der Waals surface area (Å²) in [6.45, 7) is 1.59. The Labute approximate surface area is 113 Å². The van der Waals surface area contributed by atoms with Crippen LogP contribution in [0.1, 0.15) is 49.5 Å². The second kappa shape index (κ2) is 4.35. The first-order chi connectivity index (χ1) is 9.08. The molecular formula is C14H12O4S. The third-order valence-electron chi connectivity index (χ3n) is 3.46. The summed E-state index contributed by atoms with van der Waals surface area (Å²) in [7, 11) is 0. The van der Waals surface area contributed by atoms with Gasteiger partial charge in [-0.1, -0.05) is 6.07 Å². The first-order valence-corrected chi connectivity index (χ1v) is 6.88. The molecule has 0 radical (unpaired) electrons. The third kappa shape index (κ3) is 1.90. The van der Waals surface area contributed by atoms with Crippen LogP contribution in [0.25, 0.3) is 0 Å². The number of ketones is 1. The van der Waals surface area contributed by atoms with E-state index >= 15 is 0 Å². The summed E-state index contributed by atoms with van der Waals surface area (Å²) in [5.41, 5.74) is 0.308. The van der Waals surface area contributed by atoms with Crippen molar-refractivity contribution in [3.05, 3.63) is 45.0 Å². The second-order valence-corrected chi connectivity index (χ2v) is 5.66. The highest BCUT2D eigenvalue weighted by Gasteiger charge is 2.35. The lowest BCUT2D eigenvalue weighted by atomic mass is 9.84. The van der Waals surface area contributed by atoms with Crippen LogP contribution in [0, 0.1) is 6.92 Å². The Bertz CT molecular complexity index is 651. The average molecular weight is 276 g/mol. The number of carbonyl (C=O) groups is 2. The fourth-order valence-corrected chi connectivity index (χ4v) is 3.48. The number of carboxylic acid groups (broad SMARTS) is 1. The van der Waals surface area contributed by atoms with Crippen LogP contribution in [0.5, 0.6) is 0 Å². The molecule has 98 valence electrons. The quantitative estimate of drug-likeness (QED) is 0.914. The molecule has 2 heterocycles. The van der Waals surface area contributed by atoms with Crippen molar-refractivity contribution in [2.75, 3.05) is 0 Å². The molecule has 0 fully saturated rings. The third-order valence-corrected chi connectivity index (χ3v) is 4.49. The Kier molecular flexibility index (Phi) is 2.78. The van der Waals surface area contributed by atoms with Crippen LogP contribution >= 0.6 is 11.3 Å². The zero-order valence-electron chi connectivity index (χ0n) is 10.3. The predicted molar refractivity (Wildman–Crippen MR) is 70.1 cm³/mol. The lowest BCUT2D eigenvalue weighted by Gasteiger charge is -2.19. The number of carbonyl (C=O) groups excluding carboxylic acids is 1. The summed E-state index contributed by atoms with van der Waals surface area (Å²) in [5, 5.41) is 11.1. The van der Waals surface area contributed by atoms with Gasteiger partial charge in [-0.3, -0.25) is 4.79 Å². The van der Waals surface area contributed by atoms with Gasteiger partial charge < -0.3 is 9.52 Å². The van der Waals surface area contributed by atoms with Gasteiger partial charge in [-0.2, -0.15) is 0 Å². The molecular weight excluding hydrogens is 264 g/mol. The topological polar surface area (TPSA) is 67.5 Å². The summed E-state index contributed by atoms with van der Waals surface area (Å²) < 4.78 is 5.50. The van der Waals surface area contributed by atoms with E-state index in [4.69, 9.17) is 9.52 Å². The molecule has 0 amide bonds. The van der Waals surface area contributed by atoms with Crippen LogP contribution in [0.2, 0.25) is 0 Å². The number of furan rings is 1. The Morgan fingerprint density at radius 3 is 2.89 bits per heavy atom. The fourth-order valence-electron chi connectivity index (χ4n) is 2.65. The SMILES string of the molecule is Cc1oc2c(c1C(=O)O)C(=O)CC(c1cccs1)C2. The van der Waals surface area contributed by atoms with Gasteiger partial charge in [-0.15, -0.1) is 11.3 Å². The molecule has 1 aliphatic rings. The Balaban J connectivity index is 2.05. The first kappa shape index (κ1) is 12.2. The molecule has 1 unspecified atom stereocenters. The molecule has 0 saturated carbocycles. The van der Waals surface area contributed by atoms with Crippen molar-refractivity contribution in [1.29, 1.82) is 0 Å². The van der Waals surface area contributed by atoms with Gasteiger partial charge in [0, 0.05) is 23.6 Å². The summed E-state index contributed by atoms with van der Waals surface area (Å²) in [5.74, 6) is -0.284. The number of hydrogen-bond donors (Lipinski definition) is 1. The number of aryl methyl sites for hydroxylation is 1. The molecule has 0 aliphatic heterocycles. The van der Waals surface area contributed by atoms with E-state index in [1.165, 1.54) is 0 Å². The molecule has 0 bridgehead atoms. The lowest BCUT2D eigenvalue weighted by Crippen LogP contribution is -2.19. The molecule has 19 heavy (non-hydrogen) atoms. The Morgan fingerprint density at radius 1 is 1.47 bits per heavy atom. The van der Waals surface area contributed by atoms with Gasteiger partial charge in [0.15, 0.2) is 5.78 Å². The minimum absolute atomic E-state index is 0.0321. The minimum Gasteiger partial charge on any atom is -0.478 e. The monoisotopic (exact) mass is 276 g/mol. The maximum Gasteiger partial charge on any atom is 0.340 e. The van der Waals surface area contributed by atoms with E-state index in [0.29, 0.717) is 24.4 Å². The maximum absolute atomic E-state index is 12.2. The van der Waals surface area contributed by atoms with Crippen molar-refractivity contribution in [3.63, 3.8) is 0 Å². The molecule has 0 spiro atoms. The van der Waals surface area contributed by atoms with E-state index < -0.39 is 5.97 Å². The zero-order chi connectivity index (χ0) is 13.6. The fraction of sp³-hybridized carbons (Fsp3) is 0.286. The number of Topliss-reactive ketones (excluding diaryl/α,β-unsaturated/α-hetero) is 1. The molecule has 1 N–H and O–H groups in total. The van der Waals surface area contributed by atoms with E-state index in [2.05, 4.69) is 0 Å². The molecule has 5 heteroatoms. The van der Waals surface area contributed by atoms with Gasteiger partial charge in [0.1, 0.15) is 17.1 Å². The van der Waals surface area contributed by atoms with Crippen molar-refractivity contribution < 1.29 is 19.1 Å². The molecule has 2 aromatic heterocycles. The van der Waals surface area contributed by atoms with E-state index in [-0.39, 0.29) is 22.8 Å². The van der Waals surface area contributed by atoms with Crippen LogP contribution < -0.4 is 0 Å². The van der Waals surface area contributed by atoms with Crippen molar-refractivity contribution in [2.24, 2.45) is 0 Å². The highest BCUT2D eigenvalue weighted by molar-refractivity contribution is 7.10. The van der Waals surface area contributed by atoms with E-state index in [1.807, 2.05) is 17.5 Å². The van der Waals surface area contributed by atoms with Crippen molar-refractivity contribution in [1.82, 2.24) is 0 Å². The van der Waals surface area contributed by atoms with Crippen molar-refractivity contribution >= 4 is 23.1 Å². The molecule has 1 atom stereocenters. The molecule has 3 rings (SSSR count). The van der Waals surface area contributed by atoms with Crippen LogP contribution in [0.15, 0.2) is 21.9 Å². The highest BCUT2D eigenvalue weighted by Crippen LogP contribution is 2.38.